The highest BCUT2D eigenvalue weighted by Crippen LogP contribution is 2.42. The topological polar surface area (TPSA) is 171 Å². The molecule has 1 aromatic rings. The van der Waals surface area contributed by atoms with Crippen LogP contribution in [0.15, 0.2) is 12.1 Å². The van der Waals surface area contributed by atoms with Crippen molar-refractivity contribution >= 4 is 17.1 Å². The smallest absolute Gasteiger partial charge is 0.361 e. The predicted molar refractivity (Wildman–Crippen MR) is 82.9 cm³/mol. The fourth-order valence-corrected chi connectivity index (χ4v) is 2.75. The van der Waals surface area contributed by atoms with Crippen LogP contribution in [-0.2, 0) is 10.5 Å². The van der Waals surface area contributed by atoms with E-state index in [-0.39, 0.29) is 12.2 Å². The van der Waals surface area contributed by atoms with Crippen molar-refractivity contribution < 1.29 is 24.6 Å². The van der Waals surface area contributed by atoms with Gasteiger partial charge in [-0.25, -0.2) is 0 Å². The summed E-state index contributed by atoms with van der Waals surface area (Å²) >= 11 is 0. The molecule has 1 aromatic carbocycles. The normalized spacial score (nSPS) is 25.4. The number of nitrogens with one attached hydrogen (secondary N) is 1. The molecule has 12 heteroatoms. The minimum absolute atomic E-state index is 0.00637. The minimum atomic E-state index is -2.12. The van der Waals surface area contributed by atoms with Crippen LogP contribution in [0.3, 0.4) is 0 Å². The standard InChI is InChI=1S/C13H16N4O8/c1-7-13(18,25-6-12(2,3)14-7)8-4-9(15(19)20)11(17(23)24)10(5-8)16(21)22/h4-5,7,14,18H,6H2,1-3H3. The van der Waals surface area contributed by atoms with Gasteiger partial charge in [0.15, 0.2) is 0 Å². The molecule has 0 saturated carbocycles. The molecule has 2 N–H and O–H groups in total. The Morgan fingerprint density at radius 2 is 1.60 bits per heavy atom. The molecule has 1 heterocycles. The van der Waals surface area contributed by atoms with E-state index in [4.69, 9.17) is 4.74 Å². The summed E-state index contributed by atoms with van der Waals surface area (Å²) in [4.78, 5) is 30.0. The van der Waals surface area contributed by atoms with Gasteiger partial charge in [0.2, 0.25) is 5.79 Å². The average Bonchev–Trinajstić information content (AvgIpc) is 2.49. The molecule has 0 spiro atoms. The van der Waals surface area contributed by atoms with E-state index in [1.54, 1.807) is 13.8 Å². The van der Waals surface area contributed by atoms with Gasteiger partial charge in [0.25, 0.3) is 0 Å². The van der Waals surface area contributed by atoms with Gasteiger partial charge < -0.3 is 15.2 Å². The number of benzene rings is 1. The molecular weight excluding hydrogens is 340 g/mol. The van der Waals surface area contributed by atoms with Crippen LogP contribution in [0.25, 0.3) is 0 Å². The third kappa shape index (κ3) is 3.26. The summed E-state index contributed by atoms with van der Waals surface area (Å²) in [6.07, 6.45) is 0. The zero-order chi connectivity index (χ0) is 19.2. The third-order valence-electron chi connectivity index (χ3n) is 3.91. The fourth-order valence-electron chi connectivity index (χ4n) is 2.75. The van der Waals surface area contributed by atoms with Gasteiger partial charge in [-0.2, -0.15) is 0 Å². The number of nitro groups is 3. The highest BCUT2D eigenvalue weighted by atomic mass is 16.7. The summed E-state index contributed by atoms with van der Waals surface area (Å²) in [5.74, 6) is -2.12. The summed E-state index contributed by atoms with van der Waals surface area (Å²) in [5, 5.41) is 47.2. The van der Waals surface area contributed by atoms with Gasteiger partial charge in [-0.15, -0.1) is 0 Å². The molecule has 0 amide bonds. The van der Waals surface area contributed by atoms with E-state index in [1.165, 1.54) is 6.92 Å². The van der Waals surface area contributed by atoms with E-state index < -0.39 is 49.2 Å². The lowest BCUT2D eigenvalue weighted by Gasteiger charge is -2.45. The number of morpholine rings is 1. The average molecular weight is 356 g/mol. The second-order valence-electron chi connectivity index (χ2n) is 6.37. The van der Waals surface area contributed by atoms with Crippen molar-refractivity contribution in [3.05, 3.63) is 48.0 Å². The van der Waals surface area contributed by atoms with Crippen LogP contribution in [0.1, 0.15) is 26.3 Å². The van der Waals surface area contributed by atoms with Gasteiger partial charge in [0.1, 0.15) is 0 Å². The SMILES string of the molecule is CC1NC(C)(C)COC1(O)c1cc([N+](=O)[O-])c([N+](=O)[O-])c([N+](=O)[O-])c1. The van der Waals surface area contributed by atoms with Gasteiger partial charge in [0.05, 0.1) is 27.4 Å². The highest BCUT2D eigenvalue weighted by molar-refractivity contribution is 5.68. The number of hydrogen-bond acceptors (Lipinski definition) is 9. The van der Waals surface area contributed by atoms with Crippen molar-refractivity contribution in [1.29, 1.82) is 0 Å². The molecule has 0 bridgehead atoms. The van der Waals surface area contributed by atoms with E-state index >= 15 is 0 Å². The first kappa shape index (κ1) is 18.6. The van der Waals surface area contributed by atoms with Crippen LogP contribution in [-0.4, -0.2) is 38.1 Å². The van der Waals surface area contributed by atoms with Crippen LogP contribution in [0, 0.1) is 30.3 Å². The van der Waals surface area contributed by atoms with Crippen molar-refractivity contribution in [1.82, 2.24) is 5.32 Å². The number of nitrogens with zero attached hydrogens (tertiary/aromatic N) is 3. The molecule has 136 valence electrons. The van der Waals surface area contributed by atoms with Crippen molar-refractivity contribution in [2.45, 2.75) is 38.1 Å². The van der Waals surface area contributed by atoms with E-state index in [0.29, 0.717) is 0 Å². The van der Waals surface area contributed by atoms with Gasteiger partial charge in [0, 0.05) is 23.2 Å². The van der Waals surface area contributed by atoms with Crippen molar-refractivity contribution in [2.75, 3.05) is 6.61 Å². The van der Waals surface area contributed by atoms with Crippen LogP contribution < -0.4 is 5.32 Å². The molecule has 0 aliphatic carbocycles. The van der Waals surface area contributed by atoms with Crippen LogP contribution in [0.4, 0.5) is 17.1 Å². The Hall–Kier alpha value is -2.70. The lowest BCUT2D eigenvalue weighted by molar-refractivity contribution is -0.441. The quantitative estimate of drug-likeness (QED) is 0.596. The lowest BCUT2D eigenvalue weighted by atomic mass is 9.91. The van der Waals surface area contributed by atoms with Crippen LogP contribution in [0.2, 0.25) is 0 Å². The van der Waals surface area contributed by atoms with Crippen molar-refractivity contribution in [2.24, 2.45) is 0 Å². The Morgan fingerprint density at radius 1 is 1.12 bits per heavy atom. The van der Waals surface area contributed by atoms with Crippen LogP contribution in [0.5, 0.6) is 0 Å². The van der Waals surface area contributed by atoms with E-state index in [0.717, 1.165) is 12.1 Å². The number of ether oxygens (including phenoxy) is 1. The highest BCUT2D eigenvalue weighted by Gasteiger charge is 2.48. The Kier molecular flexibility index (Phi) is 4.46. The molecule has 1 fully saturated rings. The first-order valence-electron chi connectivity index (χ1n) is 7.15. The Labute approximate surface area is 140 Å². The third-order valence-corrected chi connectivity index (χ3v) is 3.91. The minimum Gasteiger partial charge on any atom is -0.361 e. The second kappa shape index (κ2) is 5.98. The molecule has 2 rings (SSSR count). The molecule has 2 unspecified atom stereocenters. The maximum absolute atomic E-state index is 11.2. The zero-order valence-corrected chi connectivity index (χ0v) is 13.6. The molecule has 2 atom stereocenters. The molecule has 1 saturated heterocycles. The maximum atomic E-state index is 11.2. The van der Waals surface area contributed by atoms with Gasteiger partial charge in [-0.1, -0.05) is 0 Å². The number of aliphatic hydroxyl groups is 1. The van der Waals surface area contributed by atoms with Gasteiger partial charge in [-0.05, 0) is 20.8 Å². The second-order valence-corrected chi connectivity index (χ2v) is 6.37. The molecule has 1 aliphatic heterocycles. The largest absolute Gasteiger partial charge is 0.422 e. The number of rotatable bonds is 4. The van der Waals surface area contributed by atoms with E-state index in [9.17, 15) is 35.4 Å². The predicted octanol–water partition coefficient (Wildman–Crippen LogP) is 1.34. The van der Waals surface area contributed by atoms with E-state index in [2.05, 4.69) is 5.32 Å². The Balaban J connectivity index is 2.69. The van der Waals surface area contributed by atoms with Crippen molar-refractivity contribution in [3.8, 4) is 0 Å². The fraction of sp³-hybridized carbons (Fsp3) is 0.538. The summed E-state index contributed by atoms with van der Waals surface area (Å²) in [7, 11) is 0. The monoisotopic (exact) mass is 356 g/mol. The molecular formula is C13H16N4O8. The molecule has 0 radical (unpaired) electrons. The van der Waals surface area contributed by atoms with Crippen molar-refractivity contribution in [3.63, 3.8) is 0 Å². The summed E-state index contributed by atoms with van der Waals surface area (Å²) < 4.78 is 5.43. The first-order valence-corrected chi connectivity index (χ1v) is 7.15. The summed E-state index contributed by atoms with van der Waals surface area (Å²) in [6, 6.07) is 0.653. The Bertz CT molecular complexity index is 729. The summed E-state index contributed by atoms with van der Waals surface area (Å²) in [5.41, 5.74) is -4.26. The van der Waals surface area contributed by atoms with E-state index in [1.807, 2.05) is 0 Å². The lowest BCUT2D eigenvalue weighted by Crippen LogP contribution is -2.63. The first-order chi connectivity index (χ1) is 11.4. The van der Waals surface area contributed by atoms with Crippen LogP contribution >= 0.6 is 0 Å². The Morgan fingerprint density at radius 3 is 1.96 bits per heavy atom. The molecule has 25 heavy (non-hydrogen) atoms. The molecule has 1 aliphatic rings. The maximum Gasteiger partial charge on any atom is 0.422 e. The molecule has 12 nitrogen and oxygen atoms in total. The number of nitro benzene ring substituents is 3. The van der Waals surface area contributed by atoms with Gasteiger partial charge in [-0.3, -0.25) is 30.3 Å². The van der Waals surface area contributed by atoms with Gasteiger partial charge >= 0.3 is 17.1 Å². The molecule has 0 aromatic heterocycles. The zero-order valence-electron chi connectivity index (χ0n) is 13.6. The number of hydrogen-bond donors (Lipinski definition) is 2. The summed E-state index contributed by atoms with van der Waals surface area (Å²) in [6.45, 7) is 5.13.